The molecule has 1 saturated carbocycles. The van der Waals surface area contributed by atoms with Gasteiger partial charge in [-0.3, -0.25) is 4.79 Å². The molecule has 110 valence electrons. The Balaban J connectivity index is 1.85. The minimum absolute atomic E-state index is 0.198. The van der Waals surface area contributed by atoms with Gasteiger partial charge in [0, 0.05) is 19.6 Å². The van der Waals surface area contributed by atoms with E-state index in [0.717, 1.165) is 24.4 Å². The highest BCUT2D eigenvalue weighted by molar-refractivity contribution is 6.68. The van der Waals surface area contributed by atoms with Crippen LogP contribution >= 0.6 is 0 Å². The first-order valence-corrected chi connectivity index (χ1v) is 9.80. The number of rotatable bonds is 7. The highest BCUT2D eigenvalue weighted by atomic mass is 28.4. The van der Waals surface area contributed by atoms with E-state index in [1.54, 1.807) is 0 Å². The average Bonchev–Trinajstić information content (AvgIpc) is 3.14. The van der Waals surface area contributed by atoms with Gasteiger partial charge in [0.2, 0.25) is 0 Å². The van der Waals surface area contributed by atoms with Crippen LogP contribution in [0.2, 0.25) is 12.1 Å². The lowest BCUT2D eigenvalue weighted by Gasteiger charge is -2.30. The molecular formula is C14H26O4Si. The van der Waals surface area contributed by atoms with Gasteiger partial charge in [0.1, 0.15) is 0 Å². The van der Waals surface area contributed by atoms with E-state index in [9.17, 15) is 4.79 Å². The number of epoxide rings is 1. The molecule has 0 spiro atoms. The summed E-state index contributed by atoms with van der Waals surface area (Å²) < 4.78 is 17.1. The number of fused-ring (bicyclic) bond motifs is 1. The van der Waals surface area contributed by atoms with Crippen molar-refractivity contribution in [2.45, 2.75) is 70.8 Å². The van der Waals surface area contributed by atoms with Crippen LogP contribution in [0.3, 0.4) is 0 Å². The molecular weight excluding hydrogens is 260 g/mol. The maximum Gasteiger partial charge on any atom is 0.401 e. The Kier molecular flexibility index (Phi) is 5.03. The zero-order valence-electron chi connectivity index (χ0n) is 12.3. The molecule has 0 aromatic rings. The number of ether oxygens (including phenoxy) is 1. The molecule has 1 aliphatic heterocycles. The summed E-state index contributed by atoms with van der Waals surface area (Å²) in [5.41, 5.74) is 0. The van der Waals surface area contributed by atoms with Gasteiger partial charge in [0.25, 0.3) is 5.97 Å². The van der Waals surface area contributed by atoms with Crippen LogP contribution in [0, 0.1) is 5.92 Å². The van der Waals surface area contributed by atoms with Gasteiger partial charge in [-0.2, -0.15) is 0 Å². The normalized spacial score (nSPS) is 32.3. The van der Waals surface area contributed by atoms with E-state index in [2.05, 4.69) is 6.92 Å². The lowest BCUT2D eigenvalue weighted by molar-refractivity contribution is -0.134. The Labute approximate surface area is 117 Å². The second-order valence-corrected chi connectivity index (χ2v) is 9.24. The molecule has 19 heavy (non-hydrogen) atoms. The van der Waals surface area contributed by atoms with E-state index in [0.29, 0.717) is 18.8 Å². The molecule has 0 amide bonds. The molecule has 2 rings (SSSR count). The predicted molar refractivity (Wildman–Crippen MR) is 75.1 cm³/mol. The van der Waals surface area contributed by atoms with Crippen LogP contribution in [0.15, 0.2) is 0 Å². The molecule has 1 saturated heterocycles. The quantitative estimate of drug-likeness (QED) is 0.533. The predicted octanol–water partition coefficient (Wildman–Crippen LogP) is 3.01. The molecule has 1 heterocycles. The van der Waals surface area contributed by atoms with Crippen LogP contribution in [0.25, 0.3) is 0 Å². The van der Waals surface area contributed by atoms with E-state index in [4.69, 9.17) is 13.6 Å². The summed E-state index contributed by atoms with van der Waals surface area (Å²) in [6.07, 6.45) is 5.84. The molecule has 4 nitrogen and oxygen atoms in total. The summed E-state index contributed by atoms with van der Waals surface area (Å²) in [5.74, 6) is 0.523. The standard InChI is InChI=1S/C14H26O4Si/c1-4-16-19(5-2,18-11(3)15)9-8-12-6-7-13-14(10-12)17-13/h12-14H,4-10H2,1-3H3. The number of carbonyl (C=O) groups excluding carboxylic acids is 1. The summed E-state index contributed by atoms with van der Waals surface area (Å²) in [6.45, 7) is 6.17. The summed E-state index contributed by atoms with van der Waals surface area (Å²) >= 11 is 0. The summed E-state index contributed by atoms with van der Waals surface area (Å²) in [4.78, 5) is 11.3. The van der Waals surface area contributed by atoms with Gasteiger partial charge in [-0.25, -0.2) is 0 Å². The molecule has 1 aliphatic carbocycles. The van der Waals surface area contributed by atoms with Crippen molar-refractivity contribution in [1.82, 2.24) is 0 Å². The first-order chi connectivity index (χ1) is 9.08. The lowest BCUT2D eigenvalue weighted by atomic mass is 9.88. The van der Waals surface area contributed by atoms with E-state index < -0.39 is 8.56 Å². The molecule has 0 N–H and O–H groups in total. The zero-order valence-corrected chi connectivity index (χ0v) is 13.3. The van der Waals surface area contributed by atoms with Gasteiger partial charge in [0.05, 0.1) is 12.2 Å². The fraction of sp³-hybridized carbons (Fsp3) is 0.929. The molecule has 4 unspecified atom stereocenters. The van der Waals surface area contributed by atoms with Crippen LogP contribution in [0.1, 0.15) is 46.5 Å². The SMILES string of the molecule is CCO[Si](CC)(CCC1CCC2OC2C1)OC(C)=O. The van der Waals surface area contributed by atoms with Crippen LogP contribution in [0.5, 0.6) is 0 Å². The van der Waals surface area contributed by atoms with Crippen molar-refractivity contribution in [1.29, 1.82) is 0 Å². The van der Waals surface area contributed by atoms with E-state index in [-0.39, 0.29) is 5.97 Å². The molecule has 4 atom stereocenters. The fourth-order valence-corrected chi connectivity index (χ4v) is 6.11. The average molecular weight is 286 g/mol. The summed E-state index contributed by atoms with van der Waals surface area (Å²) in [7, 11) is -2.32. The van der Waals surface area contributed by atoms with Crippen LogP contribution in [-0.2, 0) is 18.4 Å². The maximum absolute atomic E-state index is 11.3. The second-order valence-electron chi connectivity index (χ2n) is 5.72. The van der Waals surface area contributed by atoms with Crippen LogP contribution < -0.4 is 0 Å². The van der Waals surface area contributed by atoms with Gasteiger partial charge >= 0.3 is 8.56 Å². The topological polar surface area (TPSA) is 48.1 Å². The molecule has 2 aliphatic rings. The third-order valence-electron chi connectivity index (χ3n) is 4.32. The van der Waals surface area contributed by atoms with Gasteiger partial charge in [-0.1, -0.05) is 6.92 Å². The minimum atomic E-state index is -2.32. The fourth-order valence-electron chi connectivity index (χ4n) is 3.20. The Bertz CT molecular complexity index is 323. The molecule has 0 bridgehead atoms. The smallest absolute Gasteiger partial charge is 0.401 e. The van der Waals surface area contributed by atoms with Gasteiger partial charge in [0.15, 0.2) is 0 Å². The van der Waals surface area contributed by atoms with E-state index in [1.807, 2.05) is 6.92 Å². The van der Waals surface area contributed by atoms with Crippen molar-refractivity contribution in [2.24, 2.45) is 5.92 Å². The molecule has 2 fully saturated rings. The molecule has 5 heteroatoms. The highest BCUT2D eigenvalue weighted by Crippen LogP contribution is 2.41. The van der Waals surface area contributed by atoms with Crippen molar-refractivity contribution < 1.29 is 18.4 Å². The third kappa shape index (κ3) is 4.03. The summed E-state index contributed by atoms with van der Waals surface area (Å²) in [5, 5.41) is 0. The van der Waals surface area contributed by atoms with Crippen LogP contribution in [-0.4, -0.2) is 33.3 Å². The van der Waals surface area contributed by atoms with E-state index >= 15 is 0 Å². The number of hydrogen-bond acceptors (Lipinski definition) is 4. The summed E-state index contributed by atoms with van der Waals surface area (Å²) in [6, 6.07) is 1.77. The molecule has 0 aromatic heterocycles. The lowest BCUT2D eigenvalue weighted by Crippen LogP contribution is -2.43. The zero-order chi connectivity index (χ0) is 13.9. The van der Waals surface area contributed by atoms with Crippen molar-refractivity contribution >= 4 is 14.5 Å². The Hall–Kier alpha value is -0.393. The van der Waals surface area contributed by atoms with Crippen molar-refractivity contribution in [3.63, 3.8) is 0 Å². The van der Waals surface area contributed by atoms with Gasteiger partial charge in [-0.05, 0) is 44.6 Å². The highest BCUT2D eigenvalue weighted by Gasteiger charge is 2.45. The third-order valence-corrected chi connectivity index (χ3v) is 7.92. The van der Waals surface area contributed by atoms with Gasteiger partial charge in [-0.15, -0.1) is 0 Å². The first-order valence-electron chi connectivity index (χ1n) is 7.57. The largest absolute Gasteiger partial charge is 0.494 e. The van der Waals surface area contributed by atoms with E-state index in [1.165, 1.54) is 26.2 Å². The first kappa shape index (κ1) is 15.0. The second kappa shape index (κ2) is 6.37. The monoisotopic (exact) mass is 286 g/mol. The number of hydrogen-bond donors (Lipinski definition) is 0. The maximum atomic E-state index is 11.3. The molecule has 0 aromatic carbocycles. The van der Waals surface area contributed by atoms with Crippen LogP contribution in [0.4, 0.5) is 0 Å². The van der Waals surface area contributed by atoms with Crippen molar-refractivity contribution in [3.05, 3.63) is 0 Å². The Morgan fingerprint density at radius 1 is 1.32 bits per heavy atom. The Morgan fingerprint density at radius 3 is 2.68 bits per heavy atom. The van der Waals surface area contributed by atoms with Gasteiger partial charge < -0.3 is 13.6 Å². The van der Waals surface area contributed by atoms with Crippen molar-refractivity contribution in [2.75, 3.05) is 6.61 Å². The minimum Gasteiger partial charge on any atom is -0.494 e. The molecule has 0 radical (unpaired) electrons. The number of carbonyl (C=O) groups is 1. The van der Waals surface area contributed by atoms with Crippen molar-refractivity contribution in [3.8, 4) is 0 Å². The Morgan fingerprint density at radius 2 is 2.11 bits per heavy atom.